The summed E-state index contributed by atoms with van der Waals surface area (Å²) in [5.74, 6) is -0.256. The Hall–Kier alpha value is -3.62. The van der Waals surface area contributed by atoms with Crippen LogP contribution in [0.5, 0.6) is 0 Å². The van der Waals surface area contributed by atoms with Crippen molar-refractivity contribution in [2.45, 2.75) is 26.4 Å². The molecule has 3 rings (SSSR count). The van der Waals surface area contributed by atoms with Gasteiger partial charge in [-0.25, -0.2) is 0 Å². The lowest BCUT2D eigenvalue weighted by Gasteiger charge is -2.10. The molecule has 6 nitrogen and oxygen atoms in total. The molecule has 0 fully saturated rings. The Morgan fingerprint density at radius 1 is 1.00 bits per heavy atom. The van der Waals surface area contributed by atoms with E-state index in [1.807, 2.05) is 0 Å². The Morgan fingerprint density at radius 3 is 2.30 bits per heavy atom. The molecule has 0 radical (unpaired) electrons. The monoisotopic (exact) mass is 417 g/mol. The minimum Gasteiger partial charge on any atom is -0.361 e. The topological polar surface area (TPSA) is 84.2 Å². The van der Waals surface area contributed by atoms with Crippen molar-refractivity contribution < 1.29 is 27.3 Å². The van der Waals surface area contributed by atoms with Crippen LogP contribution in [0.15, 0.2) is 53.1 Å². The summed E-state index contributed by atoms with van der Waals surface area (Å²) in [5.41, 5.74) is 1.40. The predicted molar refractivity (Wildman–Crippen MR) is 104 cm³/mol. The summed E-state index contributed by atoms with van der Waals surface area (Å²) in [5, 5.41) is 9.04. The second kappa shape index (κ2) is 8.40. The number of aryl methyl sites for hydroxylation is 2. The zero-order chi connectivity index (χ0) is 21.9. The lowest BCUT2D eigenvalue weighted by atomic mass is 10.1. The summed E-state index contributed by atoms with van der Waals surface area (Å²) >= 11 is 0. The molecule has 2 N–H and O–H groups in total. The van der Waals surface area contributed by atoms with Gasteiger partial charge in [-0.05, 0) is 56.3 Å². The molecule has 156 valence electrons. The third-order valence-electron chi connectivity index (χ3n) is 4.40. The molecular weight excluding hydrogens is 399 g/mol. The van der Waals surface area contributed by atoms with Crippen LogP contribution < -0.4 is 10.6 Å². The fraction of sp³-hybridized carbons (Fsp3) is 0.190. The number of rotatable bonds is 5. The average molecular weight is 417 g/mol. The molecule has 3 aromatic rings. The van der Waals surface area contributed by atoms with Gasteiger partial charge in [-0.3, -0.25) is 9.59 Å². The van der Waals surface area contributed by atoms with Gasteiger partial charge in [-0.1, -0.05) is 11.2 Å². The molecule has 2 amide bonds. The van der Waals surface area contributed by atoms with Crippen LogP contribution in [0.1, 0.15) is 32.9 Å². The number of anilines is 2. The Labute approximate surface area is 170 Å². The Kier molecular flexibility index (Phi) is 5.91. The third kappa shape index (κ3) is 5.05. The Morgan fingerprint density at radius 2 is 1.70 bits per heavy atom. The van der Waals surface area contributed by atoms with Crippen molar-refractivity contribution in [3.63, 3.8) is 0 Å². The molecule has 0 aliphatic carbocycles. The van der Waals surface area contributed by atoms with Gasteiger partial charge >= 0.3 is 6.18 Å². The first-order chi connectivity index (χ1) is 14.1. The van der Waals surface area contributed by atoms with Crippen LogP contribution in [0.3, 0.4) is 0 Å². The van der Waals surface area contributed by atoms with E-state index in [-0.39, 0.29) is 23.6 Å². The van der Waals surface area contributed by atoms with Crippen LogP contribution in [0.2, 0.25) is 0 Å². The van der Waals surface area contributed by atoms with Gasteiger partial charge in [0.2, 0.25) is 5.91 Å². The van der Waals surface area contributed by atoms with E-state index in [1.165, 1.54) is 24.3 Å². The first-order valence-corrected chi connectivity index (χ1v) is 8.94. The number of nitrogens with one attached hydrogen (secondary N) is 2. The lowest BCUT2D eigenvalue weighted by Crippen LogP contribution is -2.16. The summed E-state index contributed by atoms with van der Waals surface area (Å²) in [4.78, 5) is 24.7. The number of halogens is 3. The molecule has 1 aromatic heterocycles. The molecule has 0 bridgehead atoms. The summed E-state index contributed by atoms with van der Waals surface area (Å²) in [6.45, 7) is 3.46. The van der Waals surface area contributed by atoms with E-state index in [1.54, 1.807) is 26.0 Å². The van der Waals surface area contributed by atoms with E-state index in [0.717, 1.165) is 12.1 Å². The van der Waals surface area contributed by atoms with Crippen molar-refractivity contribution in [1.82, 2.24) is 5.16 Å². The van der Waals surface area contributed by atoms with E-state index in [0.29, 0.717) is 22.7 Å². The van der Waals surface area contributed by atoms with E-state index < -0.39 is 17.6 Å². The summed E-state index contributed by atoms with van der Waals surface area (Å²) in [6.07, 6.45) is -4.37. The average Bonchev–Trinajstić information content (AvgIpc) is 3.00. The summed E-state index contributed by atoms with van der Waals surface area (Å²) in [6, 6.07) is 10.4. The Balaban J connectivity index is 1.65. The normalized spacial score (nSPS) is 11.2. The van der Waals surface area contributed by atoms with Crippen LogP contribution in [-0.4, -0.2) is 17.0 Å². The molecule has 0 aliphatic heterocycles. The highest BCUT2D eigenvalue weighted by molar-refractivity contribution is 6.05. The minimum atomic E-state index is -4.45. The SMILES string of the molecule is Cc1noc(C)c1CC(=O)Nc1cccc(C(=O)Nc2ccc(C(F)(F)F)cc2)c1. The highest BCUT2D eigenvalue weighted by Crippen LogP contribution is 2.30. The van der Waals surface area contributed by atoms with Crippen molar-refractivity contribution in [3.8, 4) is 0 Å². The number of amides is 2. The molecule has 9 heteroatoms. The molecule has 0 saturated heterocycles. The standard InChI is InChI=1S/C21H18F3N3O3/c1-12-18(13(2)30-27-12)11-19(28)25-17-5-3-4-14(10-17)20(29)26-16-8-6-15(7-9-16)21(22,23)24/h3-10H,11H2,1-2H3,(H,25,28)(H,26,29). The van der Waals surface area contributed by atoms with E-state index in [4.69, 9.17) is 4.52 Å². The highest BCUT2D eigenvalue weighted by atomic mass is 19.4. The zero-order valence-corrected chi connectivity index (χ0v) is 16.1. The highest BCUT2D eigenvalue weighted by Gasteiger charge is 2.30. The molecule has 0 unspecified atom stereocenters. The zero-order valence-electron chi connectivity index (χ0n) is 16.1. The number of carbonyl (C=O) groups is 2. The first-order valence-electron chi connectivity index (χ1n) is 8.94. The Bertz CT molecular complexity index is 1050. The first kappa shape index (κ1) is 21.1. The molecule has 2 aromatic carbocycles. The van der Waals surface area contributed by atoms with Crippen LogP contribution in [0, 0.1) is 13.8 Å². The number of aromatic nitrogens is 1. The van der Waals surface area contributed by atoms with Crippen LogP contribution in [-0.2, 0) is 17.4 Å². The quantitative estimate of drug-likeness (QED) is 0.628. The second-order valence-corrected chi connectivity index (χ2v) is 6.64. The molecule has 0 atom stereocenters. The van der Waals surface area contributed by atoms with Crippen molar-refractivity contribution >= 4 is 23.2 Å². The van der Waals surface area contributed by atoms with Gasteiger partial charge in [0, 0.05) is 22.5 Å². The maximum absolute atomic E-state index is 12.6. The van der Waals surface area contributed by atoms with Crippen molar-refractivity contribution in [3.05, 3.63) is 76.7 Å². The van der Waals surface area contributed by atoms with Gasteiger partial charge < -0.3 is 15.2 Å². The largest absolute Gasteiger partial charge is 0.416 e. The molecular formula is C21H18F3N3O3. The van der Waals surface area contributed by atoms with Crippen LogP contribution >= 0.6 is 0 Å². The number of alkyl halides is 3. The molecule has 0 saturated carbocycles. The summed E-state index contributed by atoms with van der Waals surface area (Å²) < 4.78 is 42.9. The molecule has 30 heavy (non-hydrogen) atoms. The second-order valence-electron chi connectivity index (χ2n) is 6.64. The number of carbonyl (C=O) groups excluding carboxylic acids is 2. The fourth-order valence-corrected chi connectivity index (χ4v) is 2.80. The molecule has 0 aliphatic rings. The van der Waals surface area contributed by atoms with Gasteiger partial charge in [-0.2, -0.15) is 13.2 Å². The van der Waals surface area contributed by atoms with Gasteiger partial charge in [-0.15, -0.1) is 0 Å². The third-order valence-corrected chi connectivity index (χ3v) is 4.40. The van der Waals surface area contributed by atoms with Gasteiger partial charge in [0.1, 0.15) is 5.76 Å². The predicted octanol–water partition coefficient (Wildman–Crippen LogP) is 4.74. The maximum Gasteiger partial charge on any atom is 0.416 e. The lowest BCUT2D eigenvalue weighted by molar-refractivity contribution is -0.137. The van der Waals surface area contributed by atoms with Crippen LogP contribution in [0.25, 0.3) is 0 Å². The van der Waals surface area contributed by atoms with Crippen molar-refractivity contribution in [2.75, 3.05) is 10.6 Å². The molecule has 1 heterocycles. The van der Waals surface area contributed by atoms with E-state index in [2.05, 4.69) is 15.8 Å². The number of benzene rings is 2. The van der Waals surface area contributed by atoms with Gasteiger partial charge in [0.15, 0.2) is 0 Å². The van der Waals surface area contributed by atoms with Gasteiger partial charge in [0.05, 0.1) is 17.7 Å². The molecule has 0 spiro atoms. The summed E-state index contributed by atoms with van der Waals surface area (Å²) in [7, 11) is 0. The fourth-order valence-electron chi connectivity index (χ4n) is 2.80. The smallest absolute Gasteiger partial charge is 0.361 e. The maximum atomic E-state index is 12.6. The van der Waals surface area contributed by atoms with Crippen molar-refractivity contribution in [2.24, 2.45) is 0 Å². The van der Waals surface area contributed by atoms with E-state index in [9.17, 15) is 22.8 Å². The van der Waals surface area contributed by atoms with Crippen molar-refractivity contribution in [1.29, 1.82) is 0 Å². The number of nitrogens with zero attached hydrogens (tertiary/aromatic N) is 1. The van der Waals surface area contributed by atoms with Crippen LogP contribution in [0.4, 0.5) is 24.5 Å². The minimum absolute atomic E-state index is 0.0726. The number of hydrogen-bond donors (Lipinski definition) is 2. The van der Waals surface area contributed by atoms with Gasteiger partial charge in [0.25, 0.3) is 5.91 Å². The number of hydrogen-bond acceptors (Lipinski definition) is 4. The van der Waals surface area contributed by atoms with E-state index >= 15 is 0 Å².